The van der Waals surface area contributed by atoms with Crippen molar-refractivity contribution < 1.29 is 13.2 Å². The van der Waals surface area contributed by atoms with Crippen LogP contribution in [0.5, 0.6) is 0 Å². The lowest BCUT2D eigenvalue weighted by atomic mass is 9.86. The molecule has 2 aromatic rings. The summed E-state index contributed by atoms with van der Waals surface area (Å²) in [5.41, 5.74) is 3.90. The average Bonchev–Trinajstić information content (AvgIpc) is 3.09. The summed E-state index contributed by atoms with van der Waals surface area (Å²) in [5, 5.41) is 0. The maximum atomic E-state index is 12.9. The number of sulfonamides is 1. The Morgan fingerprint density at radius 3 is 2.38 bits per heavy atom. The van der Waals surface area contributed by atoms with E-state index < -0.39 is 10.0 Å². The SMILES string of the molecule is CCC(=O)N1CCc2cc(S(=O)(=O)N[C@H](C)c3ccc(C(C)(C)C)cc3)ccc21. The molecule has 29 heavy (non-hydrogen) atoms. The van der Waals surface area contributed by atoms with Gasteiger partial charge in [-0.3, -0.25) is 4.79 Å². The molecule has 5 nitrogen and oxygen atoms in total. The number of carbonyl (C=O) groups is 1. The second kappa shape index (κ2) is 7.92. The molecule has 3 rings (SSSR count). The van der Waals surface area contributed by atoms with Crippen molar-refractivity contribution in [2.45, 2.75) is 63.8 Å². The van der Waals surface area contributed by atoms with Crippen LogP contribution in [0.2, 0.25) is 0 Å². The lowest BCUT2D eigenvalue weighted by molar-refractivity contribution is -0.118. The normalized spacial score (nSPS) is 15.3. The molecule has 156 valence electrons. The Hall–Kier alpha value is -2.18. The predicted octanol–water partition coefficient (Wildman–Crippen LogP) is 4.32. The van der Waals surface area contributed by atoms with Crippen LogP contribution >= 0.6 is 0 Å². The van der Waals surface area contributed by atoms with Gasteiger partial charge in [-0.05, 0) is 53.6 Å². The molecule has 1 heterocycles. The summed E-state index contributed by atoms with van der Waals surface area (Å²) in [6.45, 7) is 10.7. The van der Waals surface area contributed by atoms with Gasteiger partial charge in [-0.25, -0.2) is 13.1 Å². The van der Waals surface area contributed by atoms with E-state index in [0.29, 0.717) is 19.4 Å². The van der Waals surface area contributed by atoms with Gasteiger partial charge in [0.25, 0.3) is 0 Å². The maximum absolute atomic E-state index is 12.9. The zero-order valence-electron chi connectivity index (χ0n) is 17.8. The second-order valence-corrected chi connectivity index (χ2v) is 10.4. The zero-order valence-corrected chi connectivity index (χ0v) is 18.6. The Balaban J connectivity index is 1.79. The molecule has 1 atom stereocenters. The molecule has 1 amide bonds. The molecule has 0 aromatic heterocycles. The fourth-order valence-corrected chi connectivity index (χ4v) is 4.92. The fourth-order valence-electron chi connectivity index (χ4n) is 3.64. The highest BCUT2D eigenvalue weighted by molar-refractivity contribution is 7.89. The molecule has 0 fully saturated rings. The predicted molar refractivity (Wildman–Crippen MR) is 117 cm³/mol. The van der Waals surface area contributed by atoms with Crippen LogP contribution in [0.4, 0.5) is 5.69 Å². The van der Waals surface area contributed by atoms with E-state index in [1.54, 1.807) is 23.1 Å². The first-order chi connectivity index (χ1) is 13.5. The van der Waals surface area contributed by atoms with Crippen LogP contribution in [-0.2, 0) is 26.7 Å². The molecule has 0 saturated carbocycles. The van der Waals surface area contributed by atoms with E-state index in [0.717, 1.165) is 16.8 Å². The van der Waals surface area contributed by atoms with E-state index in [1.807, 2.05) is 26.0 Å². The van der Waals surface area contributed by atoms with Crippen LogP contribution in [0.3, 0.4) is 0 Å². The van der Waals surface area contributed by atoms with Crippen molar-refractivity contribution in [3.05, 3.63) is 59.2 Å². The quantitative estimate of drug-likeness (QED) is 0.792. The molecule has 0 spiro atoms. The molecular weight excluding hydrogens is 384 g/mol. The van der Waals surface area contributed by atoms with Gasteiger partial charge in [0.2, 0.25) is 15.9 Å². The minimum absolute atomic E-state index is 0.0543. The average molecular weight is 415 g/mol. The van der Waals surface area contributed by atoms with Gasteiger partial charge in [0.15, 0.2) is 0 Å². The zero-order chi connectivity index (χ0) is 21.4. The first-order valence-electron chi connectivity index (χ1n) is 10.1. The van der Waals surface area contributed by atoms with Crippen molar-refractivity contribution in [2.75, 3.05) is 11.4 Å². The minimum atomic E-state index is -3.66. The Morgan fingerprint density at radius 1 is 1.14 bits per heavy atom. The summed E-state index contributed by atoms with van der Waals surface area (Å²) in [7, 11) is -3.66. The summed E-state index contributed by atoms with van der Waals surface area (Å²) >= 11 is 0. The Morgan fingerprint density at radius 2 is 1.79 bits per heavy atom. The van der Waals surface area contributed by atoms with Crippen LogP contribution in [0.15, 0.2) is 47.4 Å². The molecule has 0 bridgehead atoms. The Kier molecular flexibility index (Phi) is 5.88. The van der Waals surface area contributed by atoms with E-state index in [-0.39, 0.29) is 22.3 Å². The topological polar surface area (TPSA) is 66.5 Å². The molecule has 2 aromatic carbocycles. The summed E-state index contributed by atoms with van der Waals surface area (Å²) in [4.78, 5) is 14.0. The number of hydrogen-bond donors (Lipinski definition) is 1. The Bertz CT molecular complexity index is 1010. The van der Waals surface area contributed by atoms with Crippen LogP contribution in [-0.4, -0.2) is 20.9 Å². The number of anilines is 1. The molecule has 1 aliphatic rings. The highest BCUT2D eigenvalue weighted by atomic mass is 32.2. The van der Waals surface area contributed by atoms with Gasteiger partial charge in [0.05, 0.1) is 4.90 Å². The third kappa shape index (κ3) is 4.54. The Labute approximate surface area is 174 Å². The van der Waals surface area contributed by atoms with E-state index >= 15 is 0 Å². The third-order valence-corrected chi connectivity index (χ3v) is 7.01. The number of carbonyl (C=O) groups excluding carboxylic acids is 1. The largest absolute Gasteiger partial charge is 0.312 e. The van der Waals surface area contributed by atoms with Crippen LogP contribution in [0.1, 0.15) is 63.8 Å². The summed E-state index contributed by atoms with van der Waals surface area (Å²) < 4.78 is 28.6. The summed E-state index contributed by atoms with van der Waals surface area (Å²) in [5.74, 6) is 0.0600. The molecule has 1 aliphatic heterocycles. The lowest BCUT2D eigenvalue weighted by Gasteiger charge is -2.21. The monoisotopic (exact) mass is 414 g/mol. The summed E-state index contributed by atoms with van der Waals surface area (Å²) in [6.07, 6.45) is 1.11. The number of rotatable bonds is 5. The van der Waals surface area contributed by atoms with Gasteiger partial charge in [-0.2, -0.15) is 0 Å². The van der Waals surface area contributed by atoms with Gasteiger partial charge in [0.1, 0.15) is 0 Å². The van der Waals surface area contributed by atoms with Crippen molar-refractivity contribution in [3.8, 4) is 0 Å². The van der Waals surface area contributed by atoms with Gasteiger partial charge in [-0.15, -0.1) is 0 Å². The molecule has 0 aliphatic carbocycles. The first-order valence-corrected chi connectivity index (χ1v) is 11.6. The highest BCUT2D eigenvalue weighted by Gasteiger charge is 2.26. The van der Waals surface area contributed by atoms with Crippen LogP contribution in [0, 0.1) is 0 Å². The molecule has 0 unspecified atom stereocenters. The van der Waals surface area contributed by atoms with Gasteiger partial charge in [0, 0.05) is 24.7 Å². The number of hydrogen-bond acceptors (Lipinski definition) is 3. The van der Waals surface area contributed by atoms with Gasteiger partial charge >= 0.3 is 0 Å². The lowest BCUT2D eigenvalue weighted by Crippen LogP contribution is -2.28. The highest BCUT2D eigenvalue weighted by Crippen LogP contribution is 2.31. The van der Waals surface area contributed by atoms with Gasteiger partial charge < -0.3 is 4.90 Å². The minimum Gasteiger partial charge on any atom is -0.312 e. The van der Waals surface area contributed by atoms with Crippen molar-refractivity contribution in [1.29, 1.82) is 0 Å². The number of amides is 1. The molecular formula is C23H30N2O3S. The van der Waals surface area contributed by atoms with Crippen molar-refractivity contribution in [3.63, 3.8) is 0 Å². The van der Waals surface area contributed by atoms with Crippen LogP contribution < -0.4 is 9.62 Å². The summed E-state index contributed by atoms with van der Waals surface area (Å²) in [6, 6.07) is 12.7. The van der Waals surface area contributed by atoms with E-state index in [2.05, 4.69) is 37.6 Å². The van der Waals surface area contributed by atoms with E-state index in [1.165, 1.54) is 5.56 Å². The maximum Gasteiger partial charge on any atom is 0.241 e. The van der Waals surface area contributed by atoms with Crippen LogP contribution in [0.25, 0.3) is 0 Å². The fraction of sp³-hybridized carbons (Fsp3) is 0.435. The number of nitrogens with zero attached hydrogens (tertiary/aromatic N) is 1. The number of nitrogens with one attached hydrogen (secondary N) is 1. The number of fused-ring (bicyclic) bond motifs is 1. The smallest absolute Gasteiger partial charge is 0.241 e. The first kappa shape index (κ1) is 21.5. The molecule has 0 saturated heterocycles. The van der Waals surface area contributed by atoms with Crippen molar-refractivity contribution in [1.82, 2.24) is 4.72 Å². The second-order valence-electron chi connectivity index (χ2n) is 8.65. The van der Waals surface area contributed by atoms with Crippen molar-refractivity contribution >= 4 is 21.6 Å². The van der Waals surface area contributed by atoms with Gasteiger partial charge in [-0.1, -0.05) is 52.0 Å². The van der Waals surface area contributed by atoms with Crippen molar-refractivity contribution in [2.24, 2.45) is 0 Å². The van der Waals surface area contributed by atoms with E-state index in [9.17, 15) is 13.2 Å². The molecule has 0 radical (unpaired) electrons. The molecule has 6 heteroatoms. The van der Waals surface area contributed by atoms with E-state index in [4.69, 9.17) is 0 Å². The third-order valence-electron chi connectivity index (χ3n) is 5.47. The molecule has 1 N–H and O–H groups in total. The standard InChI is InChI=1S/C23H30N2O3S/c1-6-22(26)25-14-13-18-15-20(11-12-21(18)25)29(27,28)24-16(2)17-7-9-19(10-8-17)23(3,4)5/h7-12,15-16,24H,6,13-14H2,1-5H3/t16-/m1/s1. The number of benzene rings is 2.